The van der Waals surface area contributed by atoms with Crippen LogP contribution in [-0.4, -0.2) is 27.4 Å². The highest BCUT2D eigenvalue weighted by molar-refractivity contribution is 7.19. The van der Waals surface area contributed by atoms with E-state index in [1.54, 1.807) is 17.9 Å². The quantitative estimate of drug-likeness (QED) is 0.458. The molecule has 0 amide bonds. The molecule has 2 aliphatic rings. The third kappa shape index (κ3) is 3.17. The van der Waals surface area contributed by atoms with Crippen molar-refractivity contribution in [2.75, 3.05) is 7.11 Å². The van der Waals surface area contributed by atoms with Crippen molar-refractivity contribution < 1.29 is 13.9 Å². The number of benzene rings is 1. The van der Waals surface area contributed by atoms with Crippen LogP contribution < -0.4 is 10.3 Å². The number of thiophene rings is 1. The Labute approximate surface area is 187 Å². The van der Waals surface area contributed by atoms with Gasteiger partial charge in [-0.3, -0.25) is 14.2 Å². The molecule has 4 aromatic rings. The molecular formula is C24H21N3O4S. The van der Waals surface area contributed by atoms with Crippen LogP contribution in [0.5, 0.6) is 5.75 Å². The average Bonchev–Trinajstić information content (AvgIpc) is 3.39. The number of aryl methyl sites for hydroxylation is 1. The van der Waals surface area contributed by atoms with Gasteiger partial charge in [0, 0.05) is 23.3 Å². The number of carbonyl (C=O) groups excluding carboxylic acids is 1. The molecule has 162 valence electrons. The zero-order valence-corrected chi connectivity index (χ0v) is 18.4. The van der Waals surface area contributed by atoms with Crippen molar-refractivity contribution in [2.45, 2.75) is 44.6 Å². The summed E-state index contributed by atoms with van der Waals surface area (Å²) in [5.41, 5.74) is 2.98. The first-order chi connectivity index (χ1) is 15.6. The molecule has 32 heavy (non-hydrogen) atoms. The van der Waals surface area contributed by atoms with E-state index in [0.717, 1.165) is 40.2 Å². The largest absolute Gasteiger partial charge is 0.497 e. The van der Waals surface area contributed by atoms with Gasteiger partial charge in [0.1, 0.15) is 27.9 Å². The molecule has 0 unspecified atom stereocenters. The maximum atomic E-state index is 13.8. The van der Waals surface area contributed by atoms with Gasteiger partial charge in [0.2, 0.25) is 0 Å². The minimum absolute atomic E-state index is 0.0918. The number of hydrogen-bond acceptors (Lipinski definition) is 7. The average molecular weight is 448 g/mol. The number of nitrogens with zero attached hydrogens (tertiary/aromatic N) is 3. The van der Waals surface area contributed by atoms with Crippen LogP contribution in [0.15, 0.2) is 40.0 Å². The molecule has 1 saturated carbocycles. The number of ether oxygens (including phenoxy) is 1. The van der Waals surface area contributed by atoms with Gasteiger partial charge in [-0.1, -0.05) is 0 Å². The second-order valence-corrected chi connectivity index (χ2v) is 9.50. The number of ketones is 1. The molecule has 0 spiro atoms. The fraction of sp³-hybridized carbons (Fsp3) is 0.333. The standard InChI is InChI=1S/C24H21N3O4S/c1-30-15-5-7-17(19(9-15)13-2-3-13)22-26-23-21(18-6-4-14(28)8-20(18)32-23)24(29)27(22)11-16-10-25-12-31-16/h5,7,9-10,12-13H,2-4,6,8,11H2,1H3. The summed E-state index contributed by atoms with van der Waals surface area (Å²) in [5, 5.41) is 0.641. The summed E-state index contributed by atoms with van der Waals surface area (Å²) in [4.78, 5) is 36.5. The van der Waals surface area contributed by atoms with Gasteiger partial charge in [-0.25, -0.2) is 9.97 Å². The molecule has 1 fully saturated rings. The number of Topliss-reactive ketones (excluding diaryl/α,β-unsaturated/α-hetero) is 1. The number of fused-ring (bicyclic) bond motifs is 3. The van der Waals surface area contributed by atoms with E-state index in [1.807, 2.05) is 12.1 Å². The van der Waals surface area contributed by atoms with E-state index in [2.05, 4.69) is 11.1 Å². The summed E-state index contributed by atoms with van der Waals surface area (Å²) in [5.74, 6) is 2.67. The lowest BCUT2D eigenvalue weighted by molar-refractivity contribution is -0.118. The third-order valence-corrected chi connectivity index (χ3v) is 7.45. The number of aromatic nitrogens is 3. The van der Waals surface area contributed by atoms with Crippen molar-refractivity contribution in [2.24, 2.45) is 0 Å². The Balaban J connectivity index is 1.62. The molecule has 0 saturated heterocycles. The van der Waals surface area contributed by atoms with Gasteiger partial charge < -0.3 is 9.15 Å². The van der Waals surface area contributed by atoms with Gasteiger partial charge >= 0.3 is 0 Å². The lowest BCUT2D eigenvalue weighted by Gasteiger charge is -2.16. The van der Waals surface area contributed by atoms with E-state index < -0.39 is 0 Å². The Bertz CT molecular complexity index is 1410. The number of carbonyl (C=O) groups is 1. The highest BCUT2D eigenvalue weighted by Crippen LogP contribution is 2.45. The second kappa shape index (κ2) is 7.41. The minimum atomic E-state index is -0.0918. The summed E-state index contributed by atoms with van der Waals surface area (Å²) in [7, 11) is 1.66. The lowest BCUT2D eigenvalue weighted by Crippen LogP contribution is -2.25. The molecule has 0 radical (unpaired) electrons. The van der Waals surface area contributed by atoms with Gasteiger partial charge in [0.25, 0.3) is 5.56 Å². The van der Waals surface area contributed by atoms with Crippen LogP contribution in [0.1, 0.15) is 46.9 Å². The van der Waals surface area contributed by atoms with Crippen molar-refractivity contribution >= 4 is 27.3 Å². The summed E-state index contributed by atoms with van der Waals surface area (Å²) in [6.45, 7) is 0.247. The van der Waals surface area contributed by atoms with Crippen LogP contribution >= 0.6 is 11.3 Å². The van der Waals surface area contributed by atoms with E-state index in [0.29, 0.717) is 47.0 Å². The molecule has 8 heteroatoms. The lowest BCUT2D eigenvalue weighted by atomic mass is 9.96. The molecular weight excluding hydrogens is 426 g/mol. The molecule has 0 bridgehead atoms. The van der Waals surface area contributed by atoms with Crippen molar-refractivity contribution in [3.63, 3.8) is 0 Å². The maximum absolute atomic E-state index is 13.8. The molecule has 0 atom stereocenters. The number of hydrogen-bond donors (Lipinski definition) is 0. The van der Waals surface area contributed by atoms with E-state index in [9.17, 15) is 9.59 Å². The first-order valence-electron chi connectivity index (χ1n) is 10.7. The molecule has 6 rings (SSSR count). The molecule has 2 aliphatic carbocycles. The van der Waals surface area contributed by atoms with Gasteiger partial charge in [-0.2, -0.15) is 0 Å². The van der Waals surface area contributed by atoms with Crippen molar-refractivity contribution in [3.05, 3.63) is 62.9 Å². The Kier molecular flexibility index (Phi) is 4.50. The zero-order valence-electron chi connectivity index (χ0n) is 17.6. The van der Waals surface area contributed by atoms with Crippen LogP contribution in [0.2, 0.25) is 0 Å². The Morgan fingerprint density at radius 3 is 2.88 bits per heavy atom. The minimum Gasteiger partial charge on any atom is -0.497 e. The first-order valence-corrected chi connectivity index (χ1v) is 11.6. The highest BCUT2D eigenvalue weighted by atomic mass is 32.1. The Morgan fingerprint density at radius 1 is 1.25 bits per heavy atom. The summed E-state index contributed by atoms with van der Waals surface area (Å²) in [6.07, 6.45) is 6.69. The number of oxazole rings is 1. The van der Waals surface area contributed by atoms with Crippen molar-refractivity contribution in [1.29, 1.82) is 0 Å². The number of rotatable bonds is 5. The fourth-order valence-electron chi connectivity index (χ4n) is 4.56. The van der Waals surface area contributed by atoms with Crippen LogP contribution in [-0.2, 0) is 24.2 Å². The SMILES string of the molecule is COc1ccc(-c2nc3sc4c(c3c(=O)n2Cc2cnco2)CCC(=O)C4)c(C2CC2)c1. The van der Waals surface area contributed by atoms with E-state index >= 15 is 0 Å². The van der Waals surface area contributed by atoms with Gasteiger partial charge in [-0.05, 0) is 54.5 Å². The third-order valence-electron chi connectivity index (χ3n) is 6.32. The van der Waals surface area contributed by atoms with E-state index in [1.165, 1.54) is 17.7 Å². The molecule has 3 heterocycles. The fourth-order valence-corrected chi connectivity index (χ4v) is 5.79. The van der Waals surface area contributed by atoms with Gasteiger partial charge in [-0.15, -0.1) is 11.3 Å². The smallest absolute Gasteiger partial charge is 0.263 e. The molecule has 0 aliphatic heterocycles. The van der Waals surface area contributed by atoms with Gasteiger partial charge in [0.15, 0.2) is 6.39 Å². The van der Waals surface area contributed by atoms with Crippen LogP contribution in [0, 0.1) is 0 Å². The highest BCUT2D eigenvalue weighted by Gasteiger charge is 2.30. The second-order valence-electron chi connectivity index (χ2n) is 8.42. The number of methoxy groups -OCH3 is 1. The monoisotopic (exact) mass is 447 g/mol. The first kappa shape index (κ1) is 19.4. The molecule has 0 N–H and O–H groups in total. The molecule has 1 aromatic carbocycles. The van der Waals surface area contributed by atoms with Crippen LogP contribution in [0.25, 0.3) is 21.6 Å². The topological polar surface area (TPSA) is 87.2 Å². The predicted molar refractivity (Wildman–Crippen MR) is 120 cm³/mol. The Morgan fingerprint density at radius 2 is 2.12 bits per heavy atom. The normalized spacial score (nSPS) is 15.8. The van der Waals surface area contributed by atoms with E-state index in [4.69, 9.17) is 14.1 Å². The van der Waals surface area contributed by atoms with Crippen LogP contribution in [0.3, 0.4) is 0 Å². The van der Waals surface area contributed by atoms with Crippen LogP contribution in [0.4, 0.5) is 0 Å². The Hall–Kier alpha value is -3.26. The molecule has 3 aromatic heterocycles. The maximum Gasteiger partial charge on any atom is 0.263 e. The predicted octanol–water partition coefficient (Wildman–Crippen LogP) is 4.11. The van der Waals surface area contributed by atoms with Crippen molar-refractivity contribution in [1.82, 2.24) is 14.5 Å². The van der Waals surface area contributed by atoms with Crippen molar-refractivity contribution in [3.8, 4) is 17.1 Å². The summed E-state index contributed by atoms with van der Waals surface area (Å²) >= 11 is 1.47. The van der Waals surface area contributed by atoms with E-state index in [-0.39, 0.29) is 17.9 Å². The molecule has 7 nitrogen and oxygen atoms in total. The summed E-state index contributed by atoms with van der Waals surface area (Å²) in [6, 6.07) is 5.96. The van der Waals surface area contributed by atoms with Gasteiger partial charge in [0.05, 0.1) is 25.2 Å². The summed E-state index contributed by atoms with van der Waals surface area (Å²) < 4.78 is 12.6. The zero-order chi connectivity index (χ0) is 21.8.